The van der Waals surface area contributed by atoms with E-state index in [-0.39, 0.29) is 0 Å². The Kier molecular flexibility index (Phi) is 9.72. The summed E-state index contributed by atoms with van der Waals surface area (Å²) >= 11 is 0. The van der Waals surface area contributed by atoms with Crippen LogP contribution in [0.25, 0.3) is 0 Å². The smallest absolute Gasteiger partial charge is 0.0836 e. The van der Waals surface area contributed by atoms with E-state index in [0.29, 0.717) is 0 Å². The molecule has 0 fully saturated rings. The van der Waals surface area contributed by atoms with Gasteiger partial charge in [0.15, 0.2) is 0 Å². The predicted molar refractivity (Wildman–Crippen MR) is 87.4 cm³/mol. The zero-order chi connectivity index (χ0) is 14.8. The molecule has 0 aromatic rings. The molecule has 116 valence electrons. The first-order valence-electron chi connectivity index (χ1n) is 8.47. The maximum absolute atomic E-state index is 2.40. The SMILES string of the molecule is CCCCC[N+](C)(C)CCC[N+](C)(C)CCCCC. The molecule has 0 aliphatic heterocycles. The molecule has 0 amide bonds. The lowest BCUT2D eigenvalue weighted by atomic mass is 10.2. The topological polar surface area (TPSA) is 0 Å². The van der Waals surface area contributed by atoms with E-state index < -0.39 is 0 Å². The van der Waals surface area contributed by atoms with Crippen LogP contribution in [0.5, 0.6) is 0 Å². The third-order valence-electron chi connectivity index (χ3n) is 4.26. The number of unbranched alkanes of at least 4 members (excludes halogenated alkanes) is 4. The van der Waals surface area contributed by atoms with Gasteiger partial charge in [0.25, 0.3) is 0 Å². The van der Waals surface area contributed by atoms with Gasteiger partial charge in [0, 0.05) is 6.42 Å². The van der Waals surface area contributed by atoms with Gasteiger partial charge < -0.3 is 8.97 Å². The minimum Gasteiger partial charge on any atom is -0.328 e. The highest BCUT2D eigenvalue weighted by Gasteiger charge is 2.19. The summed E-state index contributed by atoms with van der Waals surface area (Å²) in [7, 11) is 9.58. The molecule has 0 N–H and O–H groups in total. The molecule has 0 unspecified atom stereocenters. The van der Waals surface area contributed by atoms with Crippen molar-refractivity contribution in [3.05, 3.63) is 0 Å². The average molecular weight is 273 g/mol. The molecule has 0 bridgehead atoms. The van der Waals surface area contributed by atoms with Crippen molar-refractivity contribution < 1.29 is 8.97 Å². The number of hydrogen-bond donors (Lipinski definition) is 0. The van der Waals surface area contributed by atoms with E-state index in [4.69, 9.17) is 0 Å². The third-order valence-corrected chi connectivity index (χ3v) is 4.26. The Morgan fingerprint density at radius 2 is 0.789 bits per heavy atom. The van der Waals surface area contributed by atoms with Gasteiger partial charge in [0.05, 0.1) is 54.4 Å². The van der Waals surface area contributed by atoms with Gasteiger partial charge in [-0.1, -0.05) is 26.7 Å². The van der Waals surface area contributed by atoms with E-state index in [9.17, 15) is 0 Å². The van der Waals surface area contributed by atoms with Crippen LogP contribution in [0.1, 0.15) is 58.8 Å². The molecule has 0 rings (SSSR count). The maximum Gasteiger partial charge on any atom is 0.0836 e. The summed E-state index contributed by atoms with van der Waals surface area (Å²) in [5.74, 6) is 0. The fourth-order valence-corrected chi connectivity index (χ4v) is 2.73. The monoisotopic (exact) mass is 272 g/mol. The molecule has 0 saturated heterocycles. The molecule has 0 aromatic carbocycles. The van der Waals surface area contributed by atoms with Gasteiger partial charge in [-0.3, -0.25) is 0 Å². The van der Waals surface area contributed by atoms with E-state index in [1.54, 1.807) is 0 Å². The molecule has 0 heterocycles. The van der Waals surface area contributed by atoms with Crippen LogP contribution in [0.4, 0.5) is 0 Å². The van der Waals surface area contributed by atoms with Crippen molar-refractivity contribution in [2.75, 3.05) is 54.4 Å². The van der Waals surface area contributed by atoms with Crippen molar-refractivity contribution in [2.24, 2.45) is 0 Å². The van der Waals surface area contributed by atoms with Gasteiger partial charge in [0.2, 0.25) is 0 Å². The van der Waals surface area contributed by atoms with Crippen LogP contribution in [0, 0.1) is 0 Å². The van der Waals surface area contributed by atoms with Crippen LogP contribution in [-0.4, -0.2) is 63.3 Å². The molecule has 0 atom stereocenters. The summed E-state index contributed by atoms with van der Waals surface area (Å²) in [5.41, 5.74) is 0. The lowest BCUT2D eigenvalue weighted by molar-refractivity contribution is -0.909. The summed E-state index contributed by atoms with van der Waals surface area (Å²) < 4.78 is 2.41. The highest BCUT2D eigenvalue weighted by atomic mass is 15.3. The van der Waals surface area contributed by atoms with Gasteiger partial charge in [-0.15, -0.1) is 0 Å². The van der Waals surface area contributed by atoms with Crippen molar-refractivity contribution in [3.63, 3.8) is 0 Å². The fraction of sp³-hybridized carbons (Fsp3) is 1.00. The fourth-order valence-electron chi connectivity index (χ4n) is 2.73. The van der Waals surface area contributed by atoms with Gasteiger partial charge in [-0.2, -0.15) is 0 Å². The standard InChI is InChI=1S/C17H40N2/c1-7-9-11-14-18(3,4)16-13-17-19(5,6)15-12-10-8-2/h7-17H2,1-6H3/q+2. The Hall–Kier alpha value is -0.0800. The van der Waals surface area contributed by atoms with Crippen molar-refractivity contribution in [3.8, 4) is 0 Å². The summed E-state index contributed by atoms with van der Waals surface area (Å²) in [5, 5.41) is 0. The molecule has 0 aromatic heterocycles. The largest absolute Gasteiger partial charge is 0.328 e. The number of hydrogen-bond acceptors (Lipinski definition) is 0. The van der Waals surface area contributed by atoms with E-state index in [1.165, 1.54) is 80.1 Å². The number of rotatable bonds is 12. The van der Waals surface area contributed by atoms with Crippen LogP contribution in [-0.2, 0) is 0 Å². The molecule has 0 aliphatic rings. The molecule has 0 aliphatic carbocycles. The molecule has 19 heavy (non-hydrogen) atoms. The highest BCUT2D eigenvalue weighted by Crippen LogP contribution is 2.09. The maximum atomic E-state index is 2.40. The van der Waals surface area contributed by atoms with E-state index in [2.05, 4.69) is 42.0 Å². The molecular weight excluding hydrogens is 232 g/mol. The Morgan fingerprint density at radius 1 is 0.474 bits per heavy atom. The Morgan fingerprint density at radius 3 is 1.11 bits per heavy atom. The van der Waals surface area contributed by atoms with Crippen molar-refractivity contribution in [1.82, 2.24) is 0 Å². The van der Waals surface area contributed by atoms with Gasteiger partial charge in [-0.25, -0.2) is 0 Å². The van der Waals surface area contributed by atoms with Crippen molar-refractivity contribution in [1.29, 1.82) is 0 Å². The van der Waals surface area contributed by atoms with Crippen LogP contribution >= 0.6 is 0 Å². The molecule has 2 nitrogen and oxygen atoms in total. The van der Waals surface area contributed by atoms with Crippen LogP contribution < -0.4 is 0 Å². The van der Waals surface area contributed by atoms with Crippen molar-refractivity contribution >= 4 is 0 Å². The Labute approximate surface area is 123 Å². The first-order chi connectivity index (χ1) is 8.83. The number of quaternary nitrogens is 2. The molecular formula is C17H40N2+2. The Balaban J connectivity index is 3.79. The van der Waals surface area contributed by atoms with E-state index >= 15 is 0 Å². The van der Waals surface area contributed by atoms with Crippen LogP contribution in [0.15, 0.2) is 0 Å². The van der Waals surface area contributed by atoms with Gasteiger partial charge in [-0.05, 0) is 25.7 Å². The molecule has 0 radical (unpaired) electrons. The second-order valence-corrected chi connectivity index (χ2v) is 7.53. The second kappa shape index (κ2) is 9.77. The lowest BCUT2D eigenvalue weighted by Gasteiger charge is -2.33. The first kappa shape index (κ1) is 18.9. The third kappa shape index (κ3) is 11.4. The lowest BCUT2D eigenvalue weighted by Crippen LogP contribution is -2.46. The first-order valence-corrected chi connectivity index (χ1v) is 8.47. The molecule has 2 heteroatoms. The number of nitrogens with zero attached hydrogens (tertiary/aromatic N) is 2. The van der Waals surface area contributed by atoms with E-state index in [1.807, 2.05) is 0 Å². The van der Waals surface area contributed by atoms with Crippen LogP contribution in [0.2, 0.25) is 0 Å². The minimum absolute atomic E-state index is 1.20. The van der Waals surface area contributed by atoms with Gasteiger partial charge in [0.1, 0.15) is 0 Å². The quantitative estimate of drug-likeness (QED) is 0.373. The van der Waals surface area contributed by atoms with Gasteiger partial charge >= 0.3 is 0 Å². The summed E-state index contributed by atoms with van der Waals surface area (Å²) in [6.07, 6.45) is 9.58. The molecule has 0 spiro atoms. The summed E-state index contributed by atoms with van der Waals surface area (Å²) in [4.78, 5) is 0. The van der Waals surface area contributed by atoms with Crippen molar-refractivity contribution in [2.45, 2.75) is 58.8 Å². The summed E-state index contributed by atoms with van der Waals surface area (Å²) in [6.45, 7) is 9.93. The van der Waals surface area contributed by atoms with E-state index in [0.717, 1.165) is 0 Å². The minimum atomic E-state index is 1.20. The normalized spacial score (nSPS) is 12.9. The molecule has 0 saturated carbocycles. The van der Waals surface area contributed by atoms with Crippen LogP contribution in [0.3, 0.4) is 0 Å². The zero-order valence-corrected chi connectivity index (χ0v) is 14.7. The average Bonchev–Trinajstić information content (AvgIpc) is 2.28. The highest BCUT2D eigenvalue weighted by molar-refractivity contribution is 4.43. The predicted octanol–water partition coefficient (Wildman–Crippen LogP) is 3.91. The Bertz CT molecular complexity index is 187. The zero-order valence-electron chi connectivity index (χ0n) is 14.7. The summed E-state index contributed by atoms with van der Waals surface area (Å²) in [6, 6.07) is 0. The second-order valence-electron chi connectivity index (χ2n) is 7.53.